The van der Waals surface area contributed by atoms with Gasteiger partial charge in [-0.3, -0.25) is 9.48 Å². The highest BCUT2D eigenvalue weighted by molar-refractivity contribution is 7.17. The van der Waals surface area contributed by atoms with Crippen LogP contribution in [0.5, 0.6) is 0 Å². The summed E-state index contributed by atoms with van der Waals surface area (Å²) in [6, 6.07) is 21.5. The van der Waals surface area contributed by atoms with Crippen molar-refractivity contribution < 1.29 is 4.79 Å². The van der Waals surface area contributed by atoms with E-state index < -0.39 is 0 Å². The van der Waals surface area contributed by atoms with Gasteiger partial charge in [0, 0.05) is 24.2 Å². The Morgan fingerprint density at radius 2 is 1.63 bits per heavy atom. The second-order valence-electron chi connectivity index (χ2n) is 6.18. The number of aryl methyl sites for hydroxylation is 2. The highest BCUT2D eigenvalue weighted by Crippen LogP contribution is 2.34. The molecule has 0 bridgehead atoms. The van der Waals surface area contributed by atoms with Gasteiger partial charge < -0.3 is 5.32 Å². The number of aromatic nitrogens is 3. The van der Waals surface area contributed by atoms with E-state index in [9.17, 15) is 4.79 Å². The van der Waals surface area contributed by atoms with Gasteiger partial charge in [-0.1, -0.05) is 60.7 Å². The fourth-order valence-corrected chi connectivity index (χ4v) is 3.86. The molecule has 0 spiro atoms. The first-order valence-electron chi connectivity index (χ1n) is 8.55. The van der Waals surface area contributed by atoms with Gasteiger partial charge in [0.1, 0.15) is 15.7 Å². The van der Waals surface area contributed by atoms with Crippen LogP contribution in [0, 0.1) is 6.92 Å². The Hall–Kier alpha value is -3.25. The SMILES string of the molecule is Cc1cc(NC(=O)c2sc(-c3ccccc3)nc2-c2ccccc2)n(C)n1. The number of thiazole rings is 1. The quantitative estimate of drug-likeness (QED) is 0.560. The van der Waals surface area contributed by atoms with Gasteiger partial charge in [-0.2, -0.15) is 5.10 Å². The van der Waals surface area contributed by atoms with Crippen molar-refractivity contribution in [3.8, 4) is 21.8 Å². The largest absolute Gasteiger partial charge is 0.306 e. The van der Waals surface area contributed by atoms with Gasteiger partial charge in [-0.25, -0.2) is 4.98 Å². The molecule has 134 valence electrons. The van der Waals surface area contributed by atoms with Gasteiger partial charge in [0.2, 0.25) is 0 Å². The van der Waals surface area contributed by atoms with Gasteiger partial charge in [0.25, 0.3) is 5.91 Å². The molecule has 4 aromatic rings. The molecule has 0 aliphatic heterocycles. The van der Waals surface area contributed by atoms with Crippen LogP contribution in [-0.4, -0.2) is 20.7 Å². The summed E-state index contributed by atoms with van der Waals surface area (Å²) in [6.45, 7) is 1.89. The van der Waals surface area contributed by atoms with Crippen LogP contribution in [0.3, 0.4) is 0 Å². The Kier molecular flexibility index (Phi) is 4.56. The molecule has 1 amide bonds. The van der Waals surface area contributed by atoms with E-state index in [0.717, 1.165) is 21.8 Å². The molecule has 0 atom stereocenters. The number of hydrogen-bond acceptors (Lipinski definition) is 4. The zero-order valence-corrected chi connectivity index (χ0v) is 15.8. The van der Waals surface area contributed by atoms with Crippen LogP contribution in [0.25, 0.3) is 21.8 Å². The first-order valence-corrected chi connectivity index (χ1v) is 9.37. The lowest BCUT2D eigenvalue weighted by atomic mass is 10.1. The minimum Gasteiger partial charge on any atom is -0.306 e. The van der Waals surface area contributed by atoms with Crippen molar-refractivity contribution >= 4 is 23.1 Å². The lowest BCUT2D eigenvalue weighted by Gasteiger charge is -2.05. The highest BCUT2D eigenvalue weighted by Gasteiger charge is 2.21. The first kappa shape index (κ1) is 17.2. The third kappa shape index (κ3) is 3.52. The van der Waals surface area contributed by atoms with Crippen LogP contribution in [-0.2, 0) is 7.05 Å². The first-order chi connectivity index (χ1) is 13.1. The minimum atomic E-state index is -0.184. The maximum atomic E-state index is 13.0. The Morgan fingerprint density at radius 1 is 1.00 bits per heavy atom. The molecule has 0 aliphatic rings. The number of rotatable bonds is 4. The number of carbonyl (C=O) groups excluding carboxylic acids is 1. The predicted octanol–water partition coefficient (Wildman–Crippen LogP) is 4.77. The standard InChI is InChI=1S/C21H18N4OS/c1-14-13-17(25(2)24-14)22-20(26)19-18(15-9-5-3-6-10-15)23-21(27-19)16-11-7-4-8-12-16/h3-13H,1-2H3,(H,22,26). The lowest BCUT2D eigenvalue weighted by molar-refractivity contribution is 0.103. The zero-order valence-electron chi connectivity index (χ0n) is 15.0. The van der Waals surface area contributed by atoms with Crippen molar-refractivity contribution in [3.05, 3.63) is 77.3 Å². The summed E-state index contributed by atoms with van der Waals surface area (Å²) in [5, 5.41) is 8.06. The number of benzene rings is 2. The number of nitrogens with zero attached hydrogens (tertiary/aromatic N) is 3. The van der Waals surface area contributed by atoms with E-state index in [4.69, 9.17) is 4.98 Å². The Labute approximate surface area is 161 Å². The molecule has 4 rings (SSSR count). The molecule has 0 unspecified atom stereocenters. The number of amides is 1. The molecule has 0 radical (unpaired) electrons. The molecule has 27 heavy (non-hydrogen) atoms. The number of hydrogen-bond donors (Lipinski definition) is 1. The molecule has 0 saturated heterocycles. The summed E-state index contributed by atoms with van der Waals surface area (Å²) in [4.78, 5) is 18.4. The fourth-order valence-electron chi connectivity index (χ4n) is 2.87. The maximum Gasteiger partial charge on any atom is 0.269 e. The molecule has 6 heteroatoms. The average molecular weight is 374 g/mol. The van der Waals surface area contributed by atoms with Crippen LogP contribution in [0.2, 0.25) is 0 Å². The Balaban J connectivity index is 1.77. The van der Waals surface area contributed by atoms with Gasteiger partial charge in [-0.15, -0.1) is 11.3 Å². The van der Waals surface area contributed by atoms with Crippen LogP contribution in [0.1, 0.15) is 15.4 Å². The third-order valence-corrected chi connectivity index (χ3v) is 5.25. The Bertz CT molecular complexity index is 1080. The minimum absolute atomic E-state index is 0.184. The van der Waals surface area contributed by atoms with Crippen molar-refractivity contribution in [1.29, 1.82) is 0 Å². The van der Waals surface area contributed by atoms with E-state index in [1.165, 1.54) is 11.3 Å². The number of anilines is 1. The van der Waals surface area contributed by atoms with Crippen LogP contribution < -0.4 is 5.32 Å². The normalized spacial score (nSPS) is 10.7. The van der Waals surface area contributed by atoms with E-state index in [1.54, 1.807) is 4.68 Å². The smallest absolute Gasteiger partial charge is 0.269 e. The van der Waals surface area contributed by atoms with E-state index in [-0.39, 0.29) is 5.91 Å². The molecule has 0 saturated carbocycles. The molecular formula is C21H18N4OS. The second kappa shape index (κ2) is 7.17. The van der Waals surface area contributed by atoms with E-state index in [1.807, 2.05) is 80.7 Å². The zero-order chi connectivity index (χ0) is 18.8. The molecule has 2 aromatic carbocycles. The van der Waals surface area contributed by atoms with Crippen LogP contribution in [0.4, 0.5) is 5.82 Å². The summed E-state index contributed by atoms with van der Waals surface area (Å²) >= 11 is 1.39. The average Bonchev–Trinajstić information content (AvgIpc) is 3.27. The van der Waals surface area contributed by atoms with Crippen LogP contribution >= 0.6 is 11.3 Å². The van der Waals surface area contributed by atoms with Crippen molar-refractivity contribution in [2.75, 3.05) is 5.32 Å². The monoisotopic (exact) mass is 374 g/mol. The summed E-state index contributed by atoms with van der Waals surface area (Å²) in [7, 11) is 1.81. The fraction of sp³-hybridized carbons (Fsp3) is 0.0952. The highest BCUT2D eigenvalue weighted by atomic mass is 32.1. The number of nitrogens with one attached hydrogen (secondary N) is 1. The molecule has 0 fully saturated rings. The number of carbonyl (C=O) groups is 1. The second-order valence-corrected chi connectivity index (χ2v) is 7.18. The molecular weight excluding hydrogens is 356 g/mol. The van der Waals surface area contributed by atoms with Gasteiger partial charge in [-0.05, 0) is 6.92 Å². The van der Waals surface area contributed by atoms with Gasteiger partial charge in [0.15, 0.2) is 0 Å². The summed E-state index contributed by atoms with van der Waals surface area (Å²) in [5.41, 5.74) is 3.46. The van der Waals surface area contributed by atoms with E-state index in [0.29, 0.717) is 16.4 Å². The summed E-state index contributed by atoms with van der Waals surface area (Å²) < 4.78 is 1.66. The van der Waals surface area contributed by atoms with Gasteiger partial charge >= 0.3 is 0 Å². The Morgan fingerprint density at radius 3 is 2.22 bits per heavy atom. The van der Waals surface area contributed by atoms with Crippen LogP contribution in [0.15, 0.2) is 66.7 Å². The molecule has 2 heterocycles. The predicted molar refractivity (Wildman–Crippen MR) is 109 cm³/mol. The third-order valence-electron chi connectivity index (χ3n) is 4.14. The van der Waals surface area contributed by atoms with Crippen molar-refractivity contribution in [2.45, 2.75) is 6.92 Å². The molecule has 1 N–H and O–H groups in total. The molecule has 2 aromatic heterocycles. The van der Waals surface area contributed by atoms with E-state index >= 15 is 0 Å². The van der Waals surface area contributed by atoms with E-state index in [2.05, 4.69) is 10.4 Å². The van der Waals surface area contributed by atoms with Gasteiger partial charge in [0.05, 0.1) is 11.4 Å². The summed E-state index contributed by atoms with van der Waals surface area (Å²) in [5.74, 6) is 0.475. The van der Waals surface area contributed by atoms with Crippen molar-refractivity contribution in [2.24, 2.45) is 7.05 Å². The maximum absolute atomic E-state index is 13.0. The summed E-state index contributed by atoms with van der Waals surface area (Å²) in [6.07, 6.45) is 0. The molecule has 0 aliphatic carbocycles. The van der Waals surface area contributed by atoms with Crippen molar-refractivity contribution in [1.82, 2.24) is 14.8 Å². The van der Waals surface area contributed by atoms with Crippen molar-refractivity contribution in [3.63, 3.8) is 0 Å². The molecule has 5 nitrogen and oxygen atoms in total. The topological polar surface area (TPSA) is 59.8 Å². The lowest BCUT2D eigenvalue weighted by Crippen LogP contribution is -2.14.